The van der Waals surface area contributed by atoms with Gasteiger partial charge in [-0.2, -0.15) is 15.0 Å². The second kappa shape index (κ2) is 5.14. The second-order valence-corrected chi connectivity index (χ2v) is 3.75. The molecule has 2 heterocycles. The molecule has 17 heavy (non-hydrogen) atoms. The van der Waals surface area contributed by atoms with E-state index in [1.807, 2.05) is 18.7 Å². The lowest BCUT2D eigenvalue weighted by Crippen LogP contribution is -2.24. The van der Waals surface area contributed by atoms with E-state index in [1.54, 1.807) is 18.6 Å². The van der Waals surface area contributed by atoms with E-state index in [4.69, 9.17) is 16.0 Å². The van der Waals surface area contributed by atoms with E-state index in [2.05, 4.69) is 15.0 Å². The molecule has 0 aliphatic carbocycles. The van der Waals surface area contributed by atoms with Gasteiger partial charge in [-0.25, -0.2) is 0 Å². The average Bonchev–Trinajstić information content (AvgIpc) is 2.83. The summed E-state index contributed by atoms with van der Waals surface area (Å²) in [6.07, 6.45) is 3.15. The zero-order chi connectivity index (χ0) is 12.3. The van der Waals surface area contributed by atoms with Crippen LogP contribution in [0.2, 0.25) is 5.28 Å². The van der Waals surface area contributed by atoms with Crippen molar-refractivity contribution >= 4 is 17.5 Å². The predicted molar refractivity (Wildman–Crippen MR) is 66.1 cm³/mol. The van der Waals surface area contributed by atoms with E-state index in [0.717, 1.165) is 18.7 Å². The molecule has 2 aromatic heterocycles. The smallest absolute Gasteiger partial charge is 0.230 e. The Balaban J connectivity index is 2.42. The Hall–Kier alpha value is -1.62. The maximum Gasteiger partial charge on any atom is 0.230 e. The summed E-state index contributed by atoms with van der Waals surface area (Å²) in [6.45, 7) is 5.72. The molecule has 0 aromatic carbocycles. The molecule has 5 nitrogen and oxygen atoms in total. The highest BCUT2D eigenvalue weighted by atomic mass is 35.5. The highest BCUT2D eigenvalue weighted by Gasteiger charge is 2.11. The molecule has 0 saturated heterocycles. The summed E-state index contributed by atoms with van der Waals surface area (Å²) in [5.74, 6) is 1.12. The fraction of sp³-hybridized carbons (Fsp3) is 0.364. The number of hydrogen-bond acceptors (Lipinski definition) is 5. The topological polar surface area (TPSA) is 55.1 Å². The summed E-state index contributed by atoms with van der Waals surface area (Å²) in [6, 6.07) is 1.79. The first-order valence-electron chi connectivity index (χ1n) is 5.43. The van der Waals surface area contributed by atoms with Crippen LogP contribution in [0.1, 0.15) is 13.8 Å². The van der Waals surface area contributed by atoms with E-state index in [-0.39, 0.29) is 5.28 Å². The molecule has 0 saturated carbocycles. The lowest BCUT2D eigenvalue weighted by Gasteiger charge is -2.18. The third-order valence-electron chi connectivity index (χ3n) is 2.42. The summed E-state index contributed by atoms with van der Waals surface area (Å²) in [7, 11) is 0. The lowest BCUT2D eigenvalue weighted by molar-refractivity contribution is 0.568. The van der Waals surface area contributed by atoms with E-state index < -0.39 is 0 Å². The van der Waals surface area contributed by atoms with Gasteiger partial charge in [-0.1, -0.05) is 0 Å². The standard InChI is InChI=1S/C11H13ClN4O/c1-3-16(4-2)11-14-9(13-10(12)15-11)8-5-6-17-7-8/h5-7H,3-4H2,1-2H3. The van der Waals surface area contributed by atoms with Crippen molar-refractivity contribution < 1.29 is 4.42 Å². The Morgan fingerprint density at radius 3 is 2.59 bits per heavy atom. The number of furan rings is 1. The highest BCUT2D eigenvalue weighted by Crippen LogP contribution is 2.19. The summed E-state index contributed by atoms with van der Waals surface area (Å²) in [4.78, 5) is 14.6. The summed E-state index contributed by atoms with van der Waals surface area (Å²) in [5.41, 5.74) is 0.794. The third-order valence-corrected chi connectivity index (χ3v) is 2.59. The number of anilines is 1. The number of halogens is 1. The van der Waals surface area contributed by atoms with Crippen LogP contribution < -0.4 is 4.90 Å². The minimum absolute atomic E-state index is 0.193. The number of hydrogen-bond donors (Lipinski definition) is 0. The minimum atomic E-state index is 0.193. The predicted octanol–water partition coefficient (Wildman–Crippen LogP) is 2.63. The fourth-order valence-corrected chi connectivity index (χ4v) is 1.66. The van der Waals surface area contributed by atoms with Crippen molar-refractivity contribution in [3.63, 3.8) is 0 Å². The van der Waals surface area contributed by atoms with Gasteiger partial charge < -0.3 is 9.32 Å². The van der Waals surface area contributed by atoms with Gasteiger partial charge in [0, 0.05) is 13.1 Å². The van der Waals surface area contributed by atoms with Crippen molar-refractivity contribution in [1.82, 2.24) is 15.0 Å². The third kappa shape index (κ3) is 2.55. The van der Waals surface area contributed by atoms with Crippen LogP contribution in [0.5, 0.6) is 0 Å². The van der Waals surface area contributed by atoms with Gasteiger partial charge in [-0.15, -0.1) is 0 Å². The molecule has 2 rings (SSSR count). The van der Waals surface area contributed by atoms with Gasteiger partial charge in [-0.3, -0.25) is 0 Å². The Labute approximate surface area is 104 Å². The van der Waals surface area contributed by atoms with Gasteiger partial charge in [-0.05, 0) is 31.5 Å². The minimum Gasteiger partial charge on any atom is -0.472 e. The van der Waals surface area contributed by atoms with Crippen LogP contribution in [0.25, 0.3) is 11.4 Å². The maximum absolute atomic E-state index is 5.91. The first kappa shape index (κ1) is 11.9. The summed E-state index contributed by atoms with van der Waals surface area (Å²) in [5, 5.41) is 0.193. The van der Waals surface area contributed by atoms with Gasteiger partial charge in [0.05, 0.1) is 11.8 Å². The Kier molecular flexibility index (Phi) is 3.58. The van der Waals surface area contributed by atoms with Crippen LogP contribution in [0.3, 0.4) is 0 Å². The van der Waals surface area contributed by atoms with Gasteiger partial charge in [0.2, 0.25) is 11.2 Å². The average molecular weight is 253 g/mol. The van der Waals surface area contributed by atoms with Crippen molar-refractivity contribution in [3.05, 3.63) is 23.9 Å². The van der Waals surface area contributed by atoms with Crippen LogP contribution >= 0.6 is 11.6 Å². The molecule has 6 heteroatoms. The van der Waals surface area contributed by atoms with E-state index in [1.165, 1.54) is 0 Å². The molecule has 0 spiro atoms. The molecule has 0 atom stereocenters. The van der Waals surface area contributed by atoms with Gasteiger partial charge in [0.1, 0.15) is 6.26 Å². The Morgan fingerprint density at radius 1 is 1.24 bits per heavy atom. The first-order chi connectivity index (χ1) is 8.24. The molecule has 0 fully saturated rings. The number of aromatic nitrogens is 3. The molecule has 2 aromatic rings. The van der Waals surface area contributed by atoms with Crippen molar-refractivity contribution in [2.75, 3.05) is 18.0 Å². The van der Waals surface area contributed by atoms with Crippen LogP contribution in [0.4, 0.5) is 5.95 Å². The fourth-order valence-electron chi connectivity index (χ4n) is 1.51. The zero-order valence-electron chi connectivity index (χ0n) is 9.72. The normalized spacial score (nSPS) is 10.5. The molecule has 0 radical (unpaired) electrons. The van der Waals surface area contributed by atoms with Crippen molar-refractivity contribution in [2.24, 2.45) is 0 Å². The molecule has 90 valence electrons. The Morgan fingerprint density at radius 2 is 2.00 bits per heavy atom. The zero-order valence-corrected chi connectivity index (χ0v) is 10.5. The van der Waals surface area contributed by atoms with Gasteiger partial charge in [0.25, 0.3) is 0 Å². The quantitative estimate of drug-likeness (QED) is 0.837. The maximum atomic E-state index is 5.91. The molecular formula is C11H13ClN4O. The van der Waals surface area contributed by atoms with Crippen LogP contribution in [-0.4, -0.2) is 28.0 Å². The molecular weight excluding hydrogens is 240 g/mol. The number of rotatable bonds is 4. The summed E-state index contributed by atoms with van der Waals surface area (Å²) >= 11 is 5.91. The molecule has 0 amide bonds. The molecule has 0 bridgehead atoms. The van der Waals surface area contributed by atoms with Crippen LogP contribution in [-0.2, 0) is 0 Å². The van der Waals surface area contributed by atoms with Gasteiger partial charge >= 0.3 is 0 Å². The highest BCUT2D eigenvalue weighted by molar-refractivity contribution is 6.28. The van der Waals surface area contributed by atoms with E-state index in [9.17, 15) is 0 Å². The van der Waals surface area contributed by atoms with Gasteiger partial charge in [0.15, 0.2) is 5.82 Å². The lowest BCUT2D eigenvalue weighted by atomic mass is 10.3. The monoisotopic (exact) mass is 252 g/mol. The molecule has 0 aliphatic heterocycles. The molecule has 0 N–H and O–H groups in total. The van der Waals surface area contributed by atoms with Crippen LogP contribution in [0, 0.1) is 0 Å². The number of nitrogens with zero attached hydrogens (tertiary/aromatic N) is 4. The van der Waals surface area contributed by atoms with Crippen molar-refractivity contribution in [3.8, 4) is 11.4 Å². The molecule has 0 unspecified atom stereocenters. The van der Waals surface area contributed by atoms with E-state index >= 15 is 0 Å². The van der Waals surface area contributed by atoms with Crippen molar-refractivity contribution in [1.29, 1.82) is 0 Å². The second-order valence-electron chi connectivity index (χ2n) is 3.41. The first-order valence-corrected chi connectivity index (χ1v) is 5.81. The van der Waals surface area contributed by atoms with Crippen LogP contribution in [0.15, 0.2) is 23.0 Å². The molecule has 0 aliphatic rings. The summed E-state index contributed by atoms with van der Waals surface area (Å²) < 4.78 is 5.00. The SMILES string of the molecule is CCN(CC)c1nc(Cl)nc(-c2ccoc2)n1. The Bertz CT molecular complexity index is 482. The largest absolute Gasteiger partial charge is 0.472 e. The van der Waals surface area contributed by atoms with Crippen molar-refractivity contribution in [2.45, 2.75) is 13.8 Å². The van der Waals surface area contributed by atoms with E-state index in [0.29, 0.717) is 11.8 Å².